The lowest BCUT2D eigenvalue weighted by Crippen LogP contribution is -2.48. The number of allylic oxidation sites excluding steroid dienone is 4. The highest BCUT2D eigenvalue weighted by atomic mass is 16.1. The fourth-order valence-corrected chi connectivity index (χ4v) is 5.95. The molecule has 3 aliphatic carbocycles. The van der Waals surface area contributed by atoms with E-state index < -0.39 is 0 Å². The smallest absolute Gasteiger partial charge is 0.220 e. The standard InChI is InChI=1S/C19H27NO/c1-18-8-3-4-15(18)14-6-5-13-12-17(21)20-11-10-19(13,2)16(14)7-9-18/h3-4,8,13-14,16H,5-7,9-12H2,1-2H3,(H,20,21). The van der Waals surface area contributed by atoms with Gasteiger partial charge in [0.2, 0.25) is 5.91 Å². The van der Waals surface area contributed by atoms with E-state index in [2.05, 4.69) is 37.4 Å². The molecule has 0 bridgehead atoms. The quantitative estimate of drug-likeness (QED) is 0.720. The van der Waals surface area contributed by atoms with Crippen molar-refractivity contribution in [2.45, 2.75) is 52.4 Å². The molecule has 0 radical (unpaired) electrons. The molecule has 114 valence electrons. The van der Waals surface area contributed by atoms with Gasteiger partial charge in [-0.25, -0.2) is 0 Å². The van der Waals surface area contributed by atoms with E-state index in [4.69, 9.17) is 0 Å². The Morgan fingerprint density at radius 1 is 1.19 bits per heavy atom. The average molecular weight is 285 g/mol. The molecule has 5 atom stereocenters. The van der Waals surface area contributed by atoms with E-state index in [1.54, 1.807) is 5.57 Å². The SMILES string of the molecule is CC12C=CC=C1C1CCC3CC(=O)NCCC3(C)C1CC2. The van der Waals surface area contributed by atoms with Gasteiger partial charge in [0.15, 0.2) is 0 Å². The van der Waals surface area contributed by atoms with Crippen LogP contribution in [0.4, 0.5) is 0 Å². The first-order chi connectivity index (χ1) is 10.0. The van der Waals surface area contributed by atoms with Crippen LogP contribution < -0.4 is 5.32 Å². The van der Waals surface area contributed by atoms with Gasteiger partial charge in [-0.3, -0.25) is 4.79 Å². The number of carbonyl (C=O) groups is 1. The fraction of sp³-hybridized carbons (Fsp3) is 0.737. The van der Waals surface area contributed by atoms with Gasteiger partial charge in [0, 0.05) is 18.4 Å². The van der Waals surface area contributed by atoms with Crippen LogP contribution in [0.3, 0.4) is 0 Å². The van der Waals surface area contributed by atoms with Crippen LogP contribution in [0.1, 0.15) is 52.4 Å². The first-order valence-electron chi connectivity index (χ1n) is 8.69. The zero-order valence-corrected chi connectivity index (χ0v) is 13.3. The Balaban J connectivity index is 1.68. The molecular formula is C19H27NO. The Morgan fingerprint density at radius 2 is 2.05 bits per heavy atom. The zero-order valence-electron chi connectivity index (χ0n) is 13.3. The van der Waals surface area contributed by atoms with Crippen LogP contribution in [0.15, 0.2) is 23.8 Å². The number of hydrogen-bond donors (Lipinski definition) is 1. The summed E-state index contributed by atoms with van der Waals surface area (Å²) in [6.45, 7) is 5.79. The topological polar surface area (TPSA) is 29.1 Å². The molecule has 21 heavy (non-hydrogen) atoms. The summed E-state index contributed by atoms with van der Waals surface area (Å²) in [5, 5.41) is 3.11. The van der Waals surface area contributed by atoms with E-state index in [1.807, 2.05) is 0 Å². The minimum atomic E-state index is 0.282. The summed E-state index contributed by atoms with van der Waals surface area (Å²) in [5.74, 6) is 2.42. The molecule has 0 aromatic carbocycles. The zero-order chi connectivity index (χ0) is 14.7. The van der Waals surface area contributed by atoms with Crippen molar-refractivity contribution in [2.24, 2.45) is 28.6 Å². The summed E-state index contributed by atoms with van der Waals surface area (Å²) in [6.07, 6.45) is 14.2. The van der Waals surface area contributed by atoms with Crippen LogP contribution in [0.25, 0.3) is 0 Å². The predicted molar refractivity (Wildman–Crippen MR) is 84.6 cm³/mol. The second kappa shape index (κ2) is 4.47. The molecule has 1 saturated heterocycles. The summed E-state index contributed by atoms with van der Waals surface area (Å²) in [4.78, 5) is 11.9. The first kappa shape index (κ1) is 13.6. The van der Waals surface area contributed by atoms with E-state index in [9.17, 15) is 4.79 Å². The van der Waals surface area contributed by atoms with Crippen molar-refractivity contribution in [1.82, 2.24) is 5.32 Å². The highest BCUT2D eigenvalue weighted by Gasteiger charge is 2.54. The molecule has 4 aliphatic rings. The molecular weight excluding hydrogens is 258 g/mol. The van der Waals surface area contributed by atoms with Crippen LogP contribution in [0.2, 0.25) is 0 Å². The summed E-state index contributed by atoms with van der Waals surface area (Å²) >= 11 is 0. The predicted octanol–water partition coefficient (Wildman–Crippen LogP) is 3.84. The van der Waals surface area contributed by atoms with Crippen molar-refractivity contribution in [3.8, 4) is 0 Å². The van der Waals surface area contributed by atoms with Crippen LogP contribution >= 0.6 is 0 Å². The summed E-state index contributed by atoms with van der Waals surface area (Å²) in [7, 11) is 0. The van der Waals surface area contributed by atoms with Crippen LogP contribution in [0.5, 0.6) is 0 Å². The Morgan fingerprint density at radius 3 is 2.90 bits per heavy atom. The van der Waals surface area contributed by atoms with Gasteiger partial charge in [0.05, 0.1) is 0 Å². The molecule has 0 spiro atoms. The number of rotatable bonds is 0. The number of nitrogens with one attached hydrogen (secondary N) is 1. The number of amides is 1. The Labute approximate surface area is 128 Å². The number of fused-ring (bicyclic) bond motifs is 5. The minimum absolute atomic E-state index is 0.282. The molecule has 0 aromatic rings. The molecule has 3 fully saturated rings. The summed E-state index contributed by atoms with van der Waals surface area (Å²) < 4.78 is 0. The van der Waals surface area contributed by atoms with E-state index in [0.717, 1.165) is 24.8 Å². The molecule has 2 saturated carbocycles. The molecule has 1 N–H and O–H groups in total. The minimum Gasteiger partial charge on any atom is -0.356 e. The number of hydrogen-bond acceptors (Lipinski definition) is 1. The van der Waals surface area contributed by atoms with Gasteiger partial charge in [-0.2, -0.15) is 0 Å². The molecule has 0 aromatic heterocycles. The van der Waals surface area contributed by atoms with Crippen LogP contribution in [0, 0.1) is 28.6 Å². The maximum absolute atomic E-state index is 11.9. The largest absolute Gasteiger partial charge is 0.356 e. The Hall–Kier alpha value is -1.05. The summed E-state index contributed by atoms with van der Waals surface area (Å²) in [5.41, 5.74) is 2.39. The van der Waals surface area contributed by atoms with Gasteiger partial charge >= 0.3 is 0 Å². The van der Waals surface area contributed by atoms with Crippen molar-refractivity contribution in [1.29, 1.82) is 0 Å². The van der Waals surface area contributed by atoms with Crippen molar-refractivity contribution < 1.29 is 4.79 Å². The lowest BCUT2D eigenvalue weighted by molar-refractivity contribution is -0.123. The van der Waals surface area contributed by atoms with E-state index in [0.29, 0.717) is 16.7 Å². The third-order valence-corrected chi connectivity index (χ3v) is 7.28. The first-order valence-corrected chi connectivity index (χ1v) is 8.69. The van der Waals surface area contributed by atoms with Gasteiger partial charge < -0.3 is 5.32 Å². The highest BCUT2D eigenvalue weighted by molar-refractivity contribution is 5.76. The van der Waals surface area contributed by atoms with Gasteiger partial charge in [0.25, 0.3) is 0 Å². The lowest BCUT2D eigenvalue weighted by Gasteiger charge is -2.56. The third kappa shape index (κ3) is 1.87. The number of carbonyl (C=O) groups excluding carboxylic acids is 1. The normalized spacial score (nSPS) is 48.6. The molecule has 1 heterocycles. The lowest BCUT2D eigenvalue weighted by atomic mass is 9.48. The molecule has 1 aliphatic heterocycles. The second-order valence-electron chi connectivity index (χ2n) is 8.23. The molecule has 2 heteroatoms. The molecule has 2 nitrogen and oxygen atoms in total. The maximum atomic E-state index is 11.9. The van der Waals surface area contributed by atoms with E-state index in [-0.39, 0.29) is 5.91 Å². The molecule has 5 unspecified atom stereocenters. The summed E-state index contributed by atoms with van der Waals surface area (Å²) in [6, 6.07) is 0. The third-order valence-electron chi connectivity index (χ3n) is 7.28. The van der Waals surface area contributed by atoms with Crippen molar-refractivity contribution in [3.05, 3.63) is 23.8 Å². The monoisotopic (exact) mass is 285 g/mol. The molecule has 1 amide bonds. The van der Waals surface area contributed by atoms with E-state index >= 15 is 0 Å². The van der Waals surface area contributed by atoms with Crippen molar-refractivity contribution >= 4 is 5.91 Å². The highest BCUT2D eigenvalue weighted by Crippen LogP contribution is 2.62. The van der Waals surface area contributed by atoms with E-state index in [1.165, 1.54) is 32.1 Å². The van der Waals surface area contributed by atoms with Crippen molar-refractivity contribution in [2.75, 3.05) is 6.54 Å². The van der Waals surface area contributed by atoms with Gasteiger partial charge in [-0.05, 0) is 55.3 Å². The Kier molecular flexibility index (Phi) is 2.90. The van der Waals surface area contributed by atoms with Crippen LogP contribution in [-0.2, 0) is 4.79 Å². The average Bonchev–Trinajstić information content (AvgIpc) is 2.76. The van der Waals surface area contributed by atoms with Crippen molar-refractivity contribution in [3.63, 3.8) is 0 Å². The maximum Gasteiger partial charge on any atom is 0.220 e. The van der Waals surface area contributed by atoms with Gasteiger partial charge in [-0.1, -0.05) is 37.6 Å². The van der Waals surface area contributed by atoms with Gasteiger partial charge in [0.1, 0.15) is 0 Å². The fourth-order valence-electron chi connectivity index (χ4n) is 5.95. The van der Waals surface area contributed by atoms with Gasteiger partial charge in [-0.15, -0.1) is 0 Å². The molecule has 4 rings (SSSR count). The van der Waals surface area contributed by atoms with Crippen LogP contribution in [-0.4, -0.2) is 12.5 Å². The second-order valence-corrected chi connectivity index (χ2v) is 8.23. The Bertz CT molecular complexity index is 534.